The van der Waals surface area contributed by atoms with E-state index in [1.54, 1.807) is 19.1 Å². The lowest BCUT2D eigenvalue weighted by atomic mass is 9.61. The predicted octanol–water partition coefficient (Wildman–Crippen LogP) is 1.03. The van der Waals surface area contributed by atoms with Crippen molar-refractivity contribution in [1.29, 1.82) is 0 Å². The zero-order valence-corrected chi connectivity index (χ0v) is 14.1. The molecule has 0 radical (unpaired) electrons. The van der Waals surface area contributed by atoms with Gasteiger partial charge in [0.15, 0.2) is 0 Å². The van der Waals surface area contributed by atoms with Crippen LogP contribution >= 0.6 is 0 Å². The standard InChI is InChI=1S/C19H22O6/c1-9-7-17-8-18(9,24)5-3-10(17)19-6-4-11(20)16(2,15(23)25-19)13(19)12(17)14(21)22/h4,6,10-13,20,24H,1,3,5,7-8H2,2H3,(H,21,22)/t10-,11-,12-,13-,16-,17+,18+,19-/m0/s1. The molecule has 1 aliphatic heterocycles. The number of esters is 1. The molecule has 5 aliphatic rings. The van der Waals surface area contributed by atoms with Gasteiger partial charge in [0, 0.05) is 11.8 Å². The van der Waals surface area contributed by atoms with E-state index >= 15 is 0 Å². The van der Waals surface area contributed by atoms with Crippen LogP contribution in [0.3, 0.4) is 0 Å². The first-order chi connectivity index (χ1) is 11.6. The minimum atomic E-state index is -1.27. The summed E-state index contributed by atoms with van der Waals surface area (Å²) in [5, 5.41) is 31.6. The Morgan fingerprint density at radius 1 is 1.44 bits per heavy atom. The maximum absolute atomic E-state index is 12.7. The number of ether oxygens (including phenoxy) is 1. The van der Waals surface area contributed by atoms with E-state index < -0.39 is 51.9 Å². The van der Waals surface area contributed by atoms with Crippen molar-refractivity contribution in [2.45, 2.75) is 49.9 Å². The number of rotatable bonds is 1. The molecular formula is C19H22O6. The Hall–Kier alpha value is -1.66. The van der Waals surface area contributed by atoms with Gasteiger partial charge in [-0.3, -0.25) is 9.59 Å². The van der Waals surface area contributed by atoms with Crippen LogP contribution in [-0.4, -0.2) is 44.6 Å². The lowest BCUT2D eigenvalue weighted by molar-refractivity contribution is -0.163. The van der Waals surface area contributed by atoms with E-state index in [4.69, 9.17) is 4.74 Å². The monoisotopic (exact) mass is 346 g/mol. The summed E-state index contributed by atoms with van der Waals surface area (Å²) >= 11 is 0. The van der Waals surface area contributed by atoms with E-state index in [2.05, 4.69) is 6.58 Å². The van der Waals surface area contributed by atoms with Gasteiger partial charge >= 0.3 is 11.9 Å². The number of hydrogen-bond acceptors (Lipinski definition) is 5. The highest BCUT2D eigenvalue weighted by atomic mass is 16.6. The topological polar surface area (TPSA) is 104 Å². The number of aliphatic carboxylic acids is 1. The summed E-state index contributed by atoms with van der Waals surface area (Å²) in [4.78, 5) is 25.1. The molecule has 6 heteroatoms. The molecule has 134 valence electrons. The first-order valence-corrected chi connectivity index (χ1v) is 8.86. The van der Waals surface area contributed by atoms with Crippen molar-refractivity contribution in [2.24, 2.45) is 28.6 Å². The Morgan fingerprint density at radius 2 is 2.16 bits per heavy atom. The number of carboxylic acid groups (broad SMARTS) is 1. The third kappa shape index (κ3) is 1.36. The van der Waals surface area contributed by atoms with Crippen LogP contribution in [0.4, 0.5) is 0 Å². The predicted molar refractivity (Wildman–Crippen MR) is 85.2 cm³/mol. The van der Waals surface area contributed by atoms with Crippen LogP contribution in [0.1, 0.15) is 32.6 Å². The molecule has 8 atom stereocenters. The number of hydrogen-bond donors (Lipinski definition) is 3. The largest absolute Gasteiger partial charge is 0.481 e. The van der Waals surface area contributed by atoms with Crippen molar-refractivity contribution in [3.63, 3.8) is 0 Å². The molecule has 5 rings (SSSR count). The van der Waals surface area contributed by atoms with Crippen LogP contribution in [0, 0.1) is 28.6 Å². The minimum absolute atomic E-state index is 0.180. The number of aliphatic hydroxyl groups excluding tert-OH is 1. The van der Waals surface area contributed by atoms with Crippen molar-refractivity contribution >= 4 is 11.9 Å². The summed E-state index contributed by atoms with van der Waals surface area (Å²) in [7, 11) is 0. The molecular weight excluding hydrogens is 324 g/mol. The summed E-state index contributed by atoms with van der Waals surface area (Å²) < 4.78 is 5.87. The van der Waals surface area contributed by atoms with Crippen LogP contribution in [0.25, 0.3) is 0 Å². The van der Waals surface area contributed by atoms with Gasteiger partial charge in [0.1, 0.15) is 11.0 Å². The van der Waals surface area contributed by atoms with E-state index in [0.717, 1.165) is 0 Å². The number of fused-ring (bicyclic) bond motifs is 1. The highest BCUT2D eigenvalue weighted by molar-refractivity contribution is 5.86. The van der Waals surface area contributed by atoms with E-state index in [1.165, 1.54) is 0 Å². The van der Waals surface area contributed by atoms with Gasteiger partial charge < -0.3 is 20.1 Å². The summed E-state index contributed by atoms with van der Waals surface area (Å²) in [6.07, 6.45) is 4.11. The van der Waals surface area contributed by atoms with E-state index in [-0.39, 0.29) is 5.92 Å². The normalized spacial score (nSPS) is 58.0. The molecule has 0 aromatic heterocycles. The van der Waals surface area contributed by atoms with E-state index in [9.17, 15) is 24.9 Å². The summed E-state index contributed by atoms with van der Waals surface area (Å²) in [6.45, 7) is 5.64. The van der Waals surface area contributed by atoms with E-state index in [1.807, 2.05) is 0 Å². The molecule has 3 N–H and O–H groups in total. The average molecular weight is 346 g/mol. The molecule has 4 bridgehead atoms. The van der Waals surface area contributed by atoms with Crippen molar-refractivity contribution in [1.82, 2.24) is 0 Å². The zero-order chi connectivity index (χ0) is 18.0. The molecule has 25 heavy (non-hydrogen) atoms. The summed E-state index contributed by atoms with van der Waals surface area (Å²) in [5.74, 6) is -3.18. The first kappa shape index (κ1) is 15.6. The maximum Gasteiger partial charge on any atom is 0.316 e. The molecule has 0 aromatic carbocycles. The van der Waals surface area contributed by atoms with Gasteiger partial charge in [-0.05, 0) is 49.7 Å². The second kappa shape index (κ2) is 4.01. The van der Waals surface area contributed by atoms with Gasteiger partial charge in [-0.15, -0.1) is 0 Å². The molecule has 0 unspecified atom stereocenters. The van der Waals surface area contributed by atoms with Gasteiger partial charge in [0.25, 0.3) is 0 Å². The van der Waals surface area contributed by atoms with Crippen molar-refractivity contribution in [3.05, 3.63) is 24.3 Å². The maximum atomic E-state index is 12.7. The molecule has 4 fully saturated rings. The average Bonchev–Trinajstić information content (AvgIpc) is 2.95. The Bertz CT molecular complexity index is 772. The summed E-state index contributed by atoms with van der Waals surface area (Å²) in [6, 6.07) is 0. The molecule has 1 spiro atoms. The second-order valence-corrected chi connectivity index (χ2v) is 8.94. The highest BCUT2D eigenvalue weighted by Gasteiger charge is 2.83. The fourth-order valence-electron chi connectivity index (χ4n) is 7.13. The summed E-state index contributed by atoms with van der Waals surface area (Å²) in [5.41, 5.74) is -3.29. The van der Waals surface area contributed by atoms with Crippen LogP contribution in [0.15, 0.2) is 24.3 Å². The fraction of sp³-hybridized carbons (Fsp3) is 0.684. The fourth-order valence-corrected chi connectivity index (χ4v) is 7.13. The number of carbonyl (C=O) groups excluding carboxylic acids is 1. The Balaban J connectivity index is 1.78. The first-order valence-electron chi connectivity index (χ1n) is 8.86. The van der Waals surface area contributed by atoms with Gasteiger partial charge in [0.2, 0.25) is 0 Å². The van der Waals surface area contributed by atoms with Gasteiger partial charge in [0.05, 0.1) is 17.6 Å². The minimum Gasteiger partial charge on any atom is -0.481 e. The molecule has 6 nitrogen and oxygen atoms in total. The lowest BCUT2D eigenvalue weighted by Crippen LogP contribution is -2.50. The molecule has 3 saturated carbocycles. The highest BCUT2D eigenvalue weighted by Crippen LogP contribution is 2.77. The quantitative estimate of drug-likeness (QED) is 0.484. The SMILES string of the molecule is C=C1C[C@@]23C[C@]1(O)CC[C@@H]2[C@]12C=C[C@H](O)[C@](C)(C(=O)O1)[C@@H]2[C@H]3C(=O)O. The Labute approximate surface area is 145 Å². The lowest BCUT2D eigenvalue weighted by Gasteiger charge is -2.44. The van der Waals surface area contributed by atoms with Gasteiger partial charge in [-0.2, -0.15) is 0 Å². The zero-order valence-electron chi connectivity index (χ0n) is 14.1. The third-order valence-corrected chi connectivity index (χ3v) is 8.12. The van der Waals surface area contributed by atoms with Gasteiger partial charge in [-0.25, -0.2) is 0 Å². The van der Waals surface area contributed by atoms with Crippen molar-refractivity contribution in [2.75, 3.05) is 0 Å². The Kier molecular flexibility index (Phi) is 2.50. The van der Waals surface area contributed by atoms with Crippen LogP contribution in [0.2, 0.25) is 0 Å². The number of carbonyl (C=O) groups is 2. The van der Waals surface area contributed by atoms with Crippen molar-refractivity contribution in [3.8, 4) is 0 Å². The van der Waals surface area contributed by atoms with Gasteiger partial charge in [-0.1, -0.05) is 12.7 Å². The molecule has 0 aromatic rings. The molecule has 1 saturated heterocycles. The molecule has 1 heterocycles. The Morgan fingerprint density at radius 3 is 2.84 bits per heavy atom. The van der Waals surface area contributed by atoms with Crippen molar-refractivity contribution < 1.29 is 29.6 Å². The molecule has 0 amide bonds. The number of carboxylic acids is 1. The van der Waals surface area contributed by atoms with Crippen LogP contribution < -0.4 is 0 Å². The molecule has 4 aliphatic carbocycles. The number of aliphatic hydroxyl groups is 2. The third-order valence-electron chi connectivity index (χ3n) is 8.12. The van der Waals surface area contributed by atoms with Crippen LogP contribution in [-0.2, 0) is 14.3 Å². The second-order valence-electron chi connectivity index (χ2n) is 8.94. The smallest absolute Gasteiger partial charge is 0.316 e. The van der Waals surface area contributed by atoms with E-state index in [0.29, 0.717) is 31.3 Å². The van der Waals surface area contributed by atoms with Crippen LogP contribution in [0.5, 0.6) is 0 Å².